The van der Waals surface area contributed by atoms with E-state index in [-0.39, 0.29) is 0 Å². The van der Waals surface area contributed by atoms with Crippen molar-refractivity contribution in [3.8, 4) is 28.5 Å². The number of aromatic nitrogens is 3. The number of H-pyrrole nitrogens is 1. The van der Waals surface area contributed by atoms with Crippen LogP contribution in [0.15, 0.2) is 48.5 Å². The second kappa shape index (κ2) is 11.7. The van der Waals surface area contributed by atoms with Crippen LogP contribution in [0.1, 0.15) is 24.0 Å². The van der Waals surface area contributed by atoms with Gasteiger partial charge in [-0.05, 0) is 50.6 Å². The number of rotatable bonds is 10. The van der Waals surface area contributed by atoms with Crippen molar-refractivity contribution in [2.24, 2.45) is 0 Å². The molecule has 0 unspecified atom stereocenters. The number of nitrogens with zero attached hydrogens (tertiary/aromatic N) is 2. The first-order valence-corrected chi connectivity index (χ1v) is 13.0. The SMILES string of the molecule is CNCCNCc1cccc(-c2nc(NC3CCOCC3)c(C)c(-c3cc4cccc(OC)c4[nH]3)n2)c1. The van der Waals surface area contributed by atoms with Gasteiger partial charge in [0.15, 0.2) is 5.82 Å². The van der Waals surface area contributed by atoms with E-state index in [1.807, 2.05) is 19.2 Å². The number of benzene rings is 2. The lowest BCUT2D eigenvalue weighted by atomic mass is 10.1. The summed E-state index contributed by atoms with van der Waals surface area (Å²) in [6, 6.07) is 17.0. The van der Waals surface area contributed by atoms with Crippen LogP contribution in [0.3, 0.4) is 0 Å². The normalized spacial score (nSPS) is 14.2. The maximum Gasteiger partial charge on any atom is 0.162 e. The first kappa shape index (κ1) is 25.2. The van der Waals surface area contributed by atoms with E-state index in [2.05, 4.69) is 64.3 Å². The first-order valence-electron chi connectivity index (χ1n) is 13.0. The summed E-state index contributed by atoms with van der Waals surface area (Å²) >= 11 is 0. The molecule has 4 N–H and O–H groups in total. The Labute approximate surface area is 218 Å². The molecule has 1 aliphatic heterocycles. The number of likely N-dealkylation sites (N-methyl/N-ethyl adjacent to an activating group) is 1. The van der Waals surface area contributed by atoms with Gasteiger partial charge in [-0.2, -0.15) is 0 Å². The largest absolute Gasteiger partial charge is 0.495 e. The Bertz CT molecular complexity index is 1350. The molecule has 8 nitrogen and oxygen atoms in total. The highest BCUT2D eigenvalue weighted by Crippen LogP contribution is 2.34. The van der Waals surface area contributed by atoms with Gasteiger partial charge in [0.1, 0.15) is 11.6 Å². The Kier molecular flexibility index (Phi) is 7.99. The van der Waals surface area contributed by atoms with Crippen LogP contribution in [0.5, 0.6) is 5.75 Å². The highest BCUT2D eigenvalue weighted by Gasteiger charge is 2.20. The molecule has 0 spiro atoms. The van der Waals surface area contributed by atoms with Gasteiger partial charge in [0, 0.05) is 55.4 Å². The fraction of sp³-hybridized carbons (Fsp3) is 0.379. The molecule has 0 aliphatic carbocycles. The number of para-hydroxylation sites is 1. The fourth-order valence-electron chi connectivity index (χ4n) is 4.78. The van der Waals surface area contributed by atoms with E-state index in [1.165, 1.54) is 5.56 Å². The van der Waals surface area contributed by atoms with Crippen molar-refractivity contribution < 1.29 is 9.47 Å². The van der Waals surface area contributed by atoms with Gasteiger partial charge < -0.3 is 30.4 Å². The summed E-state index contributed by atoms with van der Waals surface area (Å²) in [5, 5.41) is 11.4. The molecule has 3 heterocycles. The average molecular weight is 501 g/mol. The summed E-state index contributed by atoms with van der Waals surface area (Å²) in [4.78, 5) is 13.7. The number of anilines is 1. The van der Waals surface area contributed by atoms with E-state index in [0.717, 1.165) is 90.7 Å². The fourth-order valence-corrected chi connectivity index (χ4v) is 4.78. The van der Waals surface area contributed by atoms with Gasteiger partial charge in [-0.15, -0.1) is 0 Å². The molecule has 2 aromatic carbocycles. The van der Waals surface area contributed by atoms with Crippen LogP contribution >= 0.6 is 0 Å². The van der Waals surface area contributed by atoms with E-state index >= 15 is 0 Å². The average Bonchev–Trinajstić information content (AvgIpc) is 3.37. The van der Waals surface area contributed by atoms with Gasteiger partial charge in [0.05, 0.1) is 24.0 Å². The molecule has 0 atom stereocenters. The summed E-state index contributed by atoms with van der Waals surface area (Å²) in [5.41, 5.74) is 6.02. The molecule has 37 heavy (non-hydrogen) atoms. The van der Waals surface area contributed by atoms with Gasteiger partial charge in [0.25, 0.3) is 0 Å². The predicted octanol–water partition coefficient (Wildman–Crippen LogP) is 4.51. The van der Waals surface area contributed by atoms with Crippen LogP contribution in [-0.4, -0.2) is 61.5 Å². The van der Waals surface area contributed by atoms with Crippen LogP contribution in [0, 0.1) is 6.92 Å². The minimum absolute atomic E-state index is 0.327. The van der Waals surface area contributed by atoms with Gasteiger partial charge in [-0.25, -0.2) is 9.97 Å². The minimum Gasteiger partial charge on any atom is -0.495 e. The molecular formula is C29H36N6O2. The quantitative estimate of drug-likeness (QED) is 0.238. The zero-order chi connectivity index (χ0) is 25.6. The topological polar surface area (TPSA) is 96.1 Å². The Hall–Kier alpha value is -3.46. The first-order chi connectivity index (χ1) is 18.2. The van der Waals surface area contributed by atoms with Crippen LogP contribution in [0.2, 0.25) is 0 Å². The minimum atomic E-state index is 0.327. The molecule has 4 aromatic rings. The number of nitrogens with one attached hydrogen (secondary N) is 4. The Morgan fingerprint density at radius 1 is 1.05 bits per heavy atom. The lowest BCUT2D eigenvalue weighted by Crippen LogP contribution is -2.28. The van der Waals surface area contributed by atoms with Crippen molar-refractivity contribution in [1.29, 1.82) is 0 Å². The molecular weight excluding hydrogens is 464 g/mol. The van der Waals surface area contributed by atoms with E-state index < -0.39 is 0 Å². The zero-order valence-corrected chi connectivity index (χ0v) is 21.9. The molecule has 0 amide bonds. The number of ether oxygens (including phenoxy) is 2. The highest BCUT2D eigenvalue weighted by molar-refractivity contribution is 5.90. The van der Waals surface area contributed by atoms with Crippen molar-refractivity contribution in [2.75, 3.05) is 45.8 Å². The number of methoxy groups -OCH3 is 1. The summed E-state index contributed by atoms with van der Waals surface area (Å²) in [7, 11) is 3.66. The van der Waals surface area contributed by atoms with Crippen LogP contribution in [-0.2, 0) is 11.3 Å². The second-order valence-electron chi connectivity index (χ2n) is 9.49. The third-order valence-electron chi connectivity index (χ3n) is 6.87. The third-order valence-corrected chi connectivity index (χ3v) is 6.87. The van der Waals surface area contributed by atoms with Gasteiger partial charge in [0.2, 0.25) is 0 Å². The van der Waals surface area contributed by atoms with Crippen molar-refractivity contribution in [2.45, 2.75) is 32.4 Å². The summed E-state index contributed by atoms with van der Waals surface area (Å²) in [6.07, 6.45) is 1.93. The summed E-state index contributed by atoms with van der Waals surface area (Å²) in [6.45, 7) is 6.27. The van der Waals surface area contributed by atoms with Crippen molar-refractivity contribution in [3.05, 3.63) is 59.7 Å². The van der Waals surface area contributed by atoms with Crippen LogP contribution in [0.25, 0.3) is 33.7 Å². The summed E-state index contributed by atoms with van der Waals surface area (Å²) < 4.78 is 11.2. The molecule has 1 saturated heterocycles. The lowest BCUT2D eigenvalue weighted by molar-refractivity contribution is 0.0904. The summed E-state index contributed by atoms with van der Waals surface area (Å²) in [5.74, 6) is 2.39. The zero-order valence-electron chi connectivity index (χ0n) is 21.9. The predicted molar refractivity (Wildman–Crippen MR) is 149 cm³/mol. The Morgan fingerprint density at radius 3 is 2.70 bits per heavy atom. The Balaban J connectivity index is 1.55. The van der Waals surface area contributed by atoms with Crippen molar-refractivity contribution in [1.82, 2.24) is 25.6 Å². The highest BCUT2D eigenvalue weighted by atomic mass is 16.5. The Morgan fingerprint density at radius 2 is 1.89 bits per heavy atom. The molecule has 0 bridgehead atoms. The molecule has 1 fully saturated rings. The maximum absolute atomic E-state index is 5.59. The van der Waals surface area contributed by atoms with E-state index in [4.69, 9.17) is 19.4 Å². The van der Waals surface area contributed by atoms with Gasteiger partial charge in [-0.1, -0.05) is 30.3 Å². The maximum atomic E-state index is 5.59. The molecule has 5 rings (SSSR count). The number of aromatic amines is 1. The smallest absolute Gasteiger partial charge is 0.162 e. The standard InChI is InChI=1S/C29H36N6O2/c1-19-26(24-17-21-7-5-9-25(36-3)27(21)33-24)34-29(35-28(19)32-23-10-14-37-15-11-23)22-8-4-6-20(16-22)18-31-13-12-30-2/h4-9,16-17,23,30-31,33H,10-15,18H2,1-3H3,(H,32,34,35). The third kappa shape index (κ3) is 5.77. The van der Waals surface area contributed by atoms with E-state index in [9.17, 15) is 0 Å². The molecule has 1 aliphatic rings. The van der Waals surface area contributed by atoms with Crippen LogP contribution in [0.4, 0.5) is 5.82 Å². The van der Waals surface area contributed by atoms with Gasteiger partial charge in [-0.3, -0.25) is 0 Å². The second-order valence-corrected chi connectivity index (χ2v) is 9.49. The monoisotopic (exact) mass is 500 g/mol. The van der Waals surface area contributed by atoms with Crippen LogP contribution < -0.4 is 20.7 Å². The molecule has 194 valence electrons. The molecule has 0 radical (unpaired) electrons. The van der Waals surface area contributed by atoms with Gasteiger partial charge >= 0.3 is 0 Å². The van der Waals surface area contributed by atoms with Crippen molar-refractivity contribution >= 4 is 16.7 Å². The lowest BCUT2D eigenvalue weighted by Gasteiger charge is -2.25. The number of hydrogen-bond donors (Lipinski definition) is 4. The molecule has 8 heteroatoms. The number of hydrogen-bond acceptors (Lipinski definition) is 7. The molecule has 0 saturated carbocycles. The van der Waals surface area contributed by atoms with E-state index in [0.29, 0.717) is 11.9 Å². The molecule has 2 aromatic heterocycles. The number of fused-ring (bicyclic) bond motifs is 1. The van der Waals surface area contributed by atoms with E-state index in [1.54, 1.807) is 7.11 Å². The van der Waals surface area contributed by atoms with Crippen molar-refractivity contribution in [3.63, 3.8) is 0 Å².